The Labute approximate surface area is 115 Å². The summed E-state index contributed by atoms with van der Waals surface area (Å²) in [4.78, 5) is 6.40. The third-order valence-corrected chi connectivity index (χ3v) is 4.02. The first-order chi connectivity index (χ1) is 9.03. The van der Waals surface area contributed by atoms with E-state index in [1.54, 1.807) is 0 Å². The molecule has 3 unspecified atom stereocenters. The Bertz CT molecular complexity index is 394. The molecule has 1 aliphatic heterocycles. The van der Waals surface area contributed by atoms with Gasteiger partial charge in [-0.15, -0.1) is 0 Å². The second-order valence-electron chi connectivity index (χ2n) is 5.87. The zero-order valence-electron chi connectivity index (χ0n) is 11.9. The topological polar surface area (TPSA) is 62.4 Å². The molecule has 106 valence electrons. The second kappa shape index (κ2) is 5.99. The Morgan fingerprint density at radius 2 is 2.16 bits per heavy atom. The summed E-state index contributed by atoms with van der Waals surface area (Å²) in [5, 5.41) is 10.3. The number of aliphatic hydroxyl groups is 1. The SMILES string of the molecule is CCC(N)C(c1ccncc1)N1CCCC(C)(O)C1. The van der Waals surface area contributed by atoms with Crippen LogP contribution in [0.3, 0.4) is 0 Å². The molecule has 4 heteroatoms. The molecule has 19 heavy (non-hydrogen) atoms. The predicted molar refractivity (Wildman–Crippen MR) is 76.7 cm³/mol. The van der Waals surface area contributed by atoms with Crippen LogP contribution in [0.25, 0.3) is 0 Å². The van der Waals surface area contributed by atoms with Crippen LogP contribution < -0.4 is 5.73 Å². The van der Waals surface area contributed by atoms with Crippen LogP contribution in [-0.4, -0.2) is 39.7 Å². The predicted octanol–water partition coefficient (Wildman–Crippen LogP) is 1.71. The molecule has 0 spiro atoms. The van der Waals surface area contributed by atoms with Crippen LogP contribution in [0.2, 0.25) is 0 Å². The van der Waals surface area contributed by atoms with E-state index >= 15 is 0 Å². The van der Waals surface area contributed by atoms with Crippen molar-refractivity contribution in [3.8, 4) is 0 Å². The van der Waals surface area contributed by atoms with Gasteiger partial charge in [0.1, 0.15) is 0 Å². The van der Waals surface area contributed by atoms with Gasteiger partial charge in [0.15, 0.2) is 0 Å². The van der Waals surface area contributed by atoms with E-state index in [4.69, 9.17) is 5.73 Å². The average molecular weight is 263 g/mol. The number of β-amino-alcohol motifs (C(OH)–C–C–N with tert-alkyl or cyclic N) is 1. The largest absolute Gasteiger partial charge is 0.389 e. The highest BCUT2D eigenvalue weighted by Gasteiger charge is 2.34. The van der Waals surface area contributed by atoms with E-state index in [1.165, 1.54) is 5.56 Å². The van der Waals surface area contributed by atoms with Gasteiger partial charge < -0.3 is 10.8 Å². The zero-order valence-corrected chi connectivity index (χ0v) is 11.9. The minimum Gasteiger partial charge on any atom is -0.389 e. The quantitative estimate of drug-likeness (QED) is 0.868. The van der Waals surface area contributed by atoms with Crippen molar-refractivity contribution >= 4 is 0 Å². The molecule has 2 rings (SSSR count). The van der Waals surface area contributed by atoms with Gasteiger partial charge in [-0.25, -0.2) is 0 Å². The standard InChI is InChI=1S/C15H25N3O/c1-3-13(16)14(12-5-8-17-9-6-12)18-10-4-7-15(2,19)11-18/h5-6,8-9,13-14,19H,3-4,7,10-11,16H2,1-2H3. The molecule has 0 aliphatic carbocycles. The van der Waals surface area contributed by atoms with Crippen LogP contribution in [0, 0.1) is 0 Å². The highest BCUT2D eigenvalue weighted by molar-refractivity contribution is 5.18. The Morgan fingerprint density at radius 3 is 2.74 bits per heavy atom. The lowest BCUT2D eigenvalue weighted by Gasteiger charge is -2.43. The number of aromatic nitrogens is 1. The molecule has 4 nitrogen and oxygen atoms in total. The van der Waals surface area contributed by atoms with Gasteiger partial charge in [-0.05, 0) is 50.4 Å². The number of nitrogens with two attached hydrogens (primary N) is 1. The number of nitrogens with zero attached hydrogens (tertiary/aromatic N) is 2. The van der Waals surface area contributed by atoms with E-state index < -0.39 is 5.60 Å². The van der Waals surface area contributed by atoms with Crippen LogP contribution in [0.1, 0.15) is 44.7 Å². The summed E-state index contributed by atoms with van der Waals surface area (Å²) >= 11 is 0. The Balaban J connectivity index is 2.23. The molecular weight excluding hydrogens is 238 g/mol. The van der Waals surface area contributed by atoms with E-state index in [-0.39, 0.29) is 12.1 Å². The lowest BCUT2D eigenvalue weighted by molar-refractivity contribution is -0.0343. The first-order valence-corrected chi connectivity index (χ1v) is 7.15. The van der Waals surface area contributed by atoms with E-state index in [2.05, 4.69) is 16.8 Å². The van der Waals surface area contributed by atoms with E-state index in [9.17, 15) is 5.11 Å². The fourth-order valence-corrected chi connectivity index (χ4v) is 3.01. The molecule has 1 fully saturated rings. The van der Waals surface area contributed by atoms with E-state index in [0.29, 0.717) is 6.54 Å². The second-order valence-corrected chi connectivity index (χ2v) is 5.87. The maximum atomic E-state index is 10.3. The smallest absolute Gasteiger partial charge is 0.0746 e. The minimum atomic E-state index is -0.600. The molecule has 2 heterocycles. The molecule has 1 aliphatic rings. The third kappa shape index (κ3) is 3.53. The molecule has 1 aromatic heterocycles. The molecule has 0 radical (unpaired) electrons. The Kier molecular flexibility index (Phi) is 4.55. The van der Waals surface area contributed by atoms with Crippen molar-refractivity contribution in [2.24, 2.45) is 5.73 Å². The maximum Gasteiger partial charge on any atom is 0.0746 e. The van der Waals surface area contributed by atoms with Gasteiger partial charge in [-0.3, -0.25) is 9.88 Å². The highest BCUT2D eigenvalue weighted by atomic mass is 16.3. The first-order valence-electron chi connectivity index (χ1n) is 7.15. The van der Waals surface area contributed by atoms with Gasteiger partial charge >= 0.3 is 0 Å². The molecule has 3 atom stereocenters. The van der Waals surface area contributed by atoms with E-state index in [0.717, 1.165) is 25.8 Å². The molecule has 1 saturated heterocycles. The summed E-state index contributed by atoms with van der Waals surface area (Å²) in [7, 11) is 0. The summed E-state index contributed by atoms with van der Waals surface area (Å²) in [5.74, 6) is 0. The Hall–Kier alpha value is -0.970. The number of rotatable bonds is 4. The van der Waals surface area contributed by atoms with Crippen molar-refractivity contribution in [2.45, 2.75) is 50.8 Å². The summed E-state index contributed by atoms with van der Waals surface area (Å²) in [6.45, 7) is 5.71. The van der Waals surface area contributed by atoms with Crippen LogP contribution >= 0.6 is 0 Å². The van der Waals surface area contributed by atoms with Crippen LogP contribution in [0.5, 0.6) is 0 Å². The van der Waals surface area contributed by atoms with Gasteiger partial charge in [-0.1, -0.05) is 6.92 Å². The van der Waals surface area contributed by atoms with Gasteiger partial charge in [0.2, 0.25) is 0 Å². The lowest BCUT2D eigenvalue weighted by atomic mass is 9.90. The number of hydrogen-bond donors (Lipinski definition) is 2. The van der Waals surface area contributed by atoms with Gasteiger partial charge in [0, 0.05) is 25.0 Å². The van der Waals surface area contributed by atoms with Crippen molar-refractivity contribution in [3.63, 3.8) is 0 Å². The van der Waals surface area contributed by atoms with Crippen LogP contribution in [0.4, 0.5) is 0 Å². The first kappa shape index (κ1) is 14.4. The molecular formula is C15H25N3O. The number of likely N-dealkylation sites (tertiary alicyclic amines) is 1. The molecule has 0 amide bonds. The number of hydrogen-bond acceptors (Lipinski definition) is 4. The van der Waals surface area contributed by atoms with Crippen molar-refractivity contribution in [1.29, 1.82) is 0 Å². The van der Waals surface area contributed by atoms with Crippen LogP contribution in [0.15, 0.2) is 24.5 Å². The maximum absolute atomic E-state index is 10.3. The average Bonchev–Trinajstić information content (AvgIpc) is 2.39. The number of piperidine rings is 1. The zero-order chi connectivity index (χ0) is 13.9. The van der Waals surface area contributed by atoms with Gasteiger partial charge in [0.05, 0.1) is 11.6 Å². The third-order valence-electron chi connectivity index (χ3n) is 4.02. The summed E-state index contributed by atoms with van der Waals surface area (Å²) in [6.07, 6.45) is 6.43. The van der Waals surface area contributed by atoms with Crippen molar-refractivity contribution in [1.82, 2.24) is 9.88 Å². The molecule has 3 N–H and O–H groups in total. The summed E-state index contributed by atoms with van der Waals surface area (Å²) < 4.78 is 0. The molecule has 0 bridgehead atoms. The monoisotopic (exact) mass is 263 g/mol. The summed E-state index contributed by atoms with van der Waals surface area (Å²) in [6, 6.07) is 4.31. The lowest BCUT2D eigenvalue weighted by Crippen LogP contribution is -2.51. The fourth-order valence-electron chi connectivity index (χ4n) is 3.01. The fraction of sp³-hybridized carbons (Fsp3) is 0.667. The van der Waals surface area contributed by atoms with Gasteiger partial charge in [0.25, 0.3) is 0 Å². The molecule has 1 aromatic rings. The number of pyridine rings is 1. The summed E-state index contributed by atoms with van der Waals surface area (Å²) in [5.41, 5.74) is 6.92. The normalized spacial score (nSPS) is 28.0. The Morgan fingerprint density at radius 1 is 1.47 bits per heavy atom. The van der Waals surface area contributed by atoms with Crippen molar-refractivity contribution in [3.05, 3.63) is 30.1 Å². The van der Waals surface area contributed by atoms with E-state index in [1.807, 2.05) is 31.5 Å². The van der Waals surface area contributed by atoms with Crippen LogP contribution in [-0.2, 0) is 0 Å². The molecule has 0 aromatic carbocycles. The minimum absolute atomic E-state index is 0.0799. The van der Waals surface area contributed by atoms with Crippen molar-refractivity contribution in [2.75, 3.05) is 13.1 Å². The molecule has 0 saturated carbocycles. The van der Waals surface area contributed by atoms with Gasteiger partial charge in [-0.2, -0.15) is 0 Å². The highest BCUT2D eigenvalue weighted by Crippen LogP contribution is 2.31. The van der Waals surface area contributed by atoms with Crippen molar-refractivity contribution < 1.29 is 5.11 Å².